The van der Waals surface area contributed by atoms with E-state index in [9.17, 15) is 23.5 Å². The maximum Gasteiger partial charge on any atom is 0.257 e. The van der Waals surface area contributed by atoms with Gasteiger partial charge < -0.3 is 20.1 Å². The predicted molar refractivity (Wildman–Crippen MR) is 90.9 cm³/mol. The van der Waals surface area contributed by atoms with Crippen molar-refractivity contribution in [2.24, 2.45) is 0 Å². The Morgan fingerprint density at radius 1 is 1.35 bits per heavy atom. The molecule has 0 aliphatic rings. The SMILES string of the molecule is CCCCOc1c(CO)[nH]cc(C(=O)NCc2ccc(F)cc2F)c1=O. The molecule has 2 rings (SSSR count). The third-order valence-electron chi connectivity index (χ3n) is 3.72. The van der Waals surface area contributed by atoms with Crippen LogP contribution in [0.5, 0.6) is 5.75 Å². The molecule has 1 aromatic carbocycles. The average Bonchev–Trinajstić information content (AvgIpc) is 2.62. The van der Waals surface area contributed by atoms with Crippen LogP contribution in [0.4, 0.5) is 8.78 Å². The van der Waals surface area contributed by atoms with E-state index in [-0.39, 0.29) is 35.7 Å². The molecule has 140 valence electrons. The van der Waals surface area contributed by atoms with Gasteiger partial charge in [-0.25, -0.2) is 8.78 Å². The number of hydrogen-bond acceptors (Lipinski definition) is 4. The van der Waals surface area contributed by atoms with Crippen molar-refractivity contribution >= 4 is 5.91 Å². The number of hydrogen-bond donors (Lipinski definition) is 3. The largest absolute Gasteiger partial charge is 0.488 e. The first-order valence-electron chi connectivity index (χ1n) is 8.18. The van der Waals surface area contributed by atoms with Crippen molar-refractivity contribution in [3.05, 3.63) is 63.1 Å². The summed E-state index contributed by atoms with van der Waals surface area (Å²) in [5.74, 6) is -2.36. The molecule has 0 bridgehead atoms. The summed E-state index contributed by atoms with van der Waals surface area (Å²) in [4.78, 5) is 27.4. The number of aliphatic hydroxyl groups excluding tert-OH is 1. The van der Waals surface area contributed by atoms with E-state index in [2.05, 4.69) is 10.3 Å². The number of aromatic nitrogens is 1. The van der Waals surface area contributed by atoms with Crippen LogP contribution in [0.15, 0.2) is 29.2 Å². The van der Waals surface area contributed by atoms with Crippen molar-refractivity contribution < 1.29 is 23.4 Å². The molecule has 2 aromatic rings. The number of unbranched alkanes of at least 4 members (excludes halogenated alkanes) is 1. The number of aromatic amines is 1. The van der Waals surface area contributed by atoms with E-state index in [0.29, 0.717) is 12.5 Å². The van der Waals surface area contributed by atoms with Gasteiger partial charge in [0.15, 0.2) is 5.75 Å². The lowest BCUT2D eigenvalue weighted by atomic mass is 10.2. The Bertz CT molecular complexity index is 836. The van der Waals surface area contributed by atoms with Crippen LogP contribution >= 0.6 is 0 Å². The molecule has 1 amide bonds. The van der Waals surface area contributed by atoms with Gasteiger partial charge in [0.25, 0.3) is 5.91 Å². The lowest BCUT2D eigenvalue weighted by Crippen LogP contribution is -2.30. The smallest absolute Gasteiger partial charge is 0.257 e. The van der Waals surface area contributed by atoms with Gasteiger partial charge in [-0.1, -0.05) is 19.4 Å². The van der Waals surface area contributed by atoms with Gasteiger partial charge in [-0.2, -0.15) is 0 Å². The highest BCUT2D eigenvalue weighted by atomic mass is 19.1. The van der Waals surface area contributed by atoms with E-state index in [1.54, 1.807) is 0 Å². The first kappa shape index (κ1) is 19.6. The van der Waals surface area contributed by atoms with Crippen molar-refractivity contribution in [1.82, 2.24) is 10.3 Å². The van der Waals surface area contributed by atoms with Gasteiger partial charge in [-0.15, -0.1) is 0 Å². The molecule has 6 nitrogen and oxygen atoms in total. The summed E-state index contributed by atoms with van der Waals surface area (Å²) in [6.07, 6.45) is 2.73. The van der Waals surface area contributed by atoms with E-state index >= 15 is 0 Å². The number of amides is 1. The van der Waals surface area contributed by atoms with Crippen molar-refractivity contribution in [1.29, 1.82) is 0 Å². The number of ether oxygens (including phenoxy) is 1. The number of H-pyrrole nitrogens is 1. The molecular formula is C18H20F2N2O4. The highest BCUT2D eigenvalue weighted by Crippen LogP contribution is 2.13. The number of rotatable bonds is 8. The summed E-state index contributed by atoms with van der Waals surface area (Å²) in [6, 6.07) is 3.00. The second-order valence-corrected chi connectivity index (χ2v) is 5.62. The molecule has 0 spiro atoms. The maximum atomic E-state index is 13.6. The number of pyridine rings is 1. The normalized spacial score (nSPS) is 10.6. The summed E-state index contributed by atoms with van der Waals surface area (Å²) < 4.78 is 31.9. The zero-order chi connectivity index (χ0) is 19.1. The highest BCUT2D eigenvalue weighted by Gasteiger charge is 2.18. The fourth-order valence-electron chi connectivity index (χ4n) is 2.24. The lowest BCUT2D eigenvalue weighted by Gasteiger charge is -2.11. The zero-order valence-electron chi connectivity index (χ0n) is 14.3. The van der Waals surface area contributed by atoms with Gasteiger partial charge in [0.05, 0.1) is 18.9 Å². The topological polar surface area (TPSA) is 91.4 Å². The maximum absolute atomic E-state index is 13.6. The number of benzene rings is 1. The molecule has 0 aliphatic heterocycles. The highest BCUT2D eigenvalue weighted by molar-refractivity contribution is 5.94. The Labute approximate surface area is 148 Å². The Kier molecular flexibility index (Phi) is 6.85. The van der Waals surface area contributed by atoms with Crippen LogP contribution in [0.1, 0.15) is 41.4 Å². The van der Waals surface area contributed by atoms with Gasteiger partial charge in [0, 0.05) is 24.4 Å². The lowest BCUT2D eigenvalue weighted by molar-refractivity contribution is 0.0948. The standard InChI is InChI=1S/C18H20F2N2O4/c1-2-3-6-26-17-15(10-23)21-9-13(16(17)24)18(25)22-8-11-4-5-12(19)7-14(11)20/h4-5,7,9,23H,2-3,6,8,10H2,1H3,(H,21,24)(H,22,25). The van der Waals surface area contributed by atoms with Crippen LogP contribution in [0.3, 0.4) is 0 Å². The molecule has 26 heavy (non-hydrogen) atoms. The van der Waals surface area contributed by atoms with Crippen molar-refractivity contribution in [3.8, 4) is 5.75 Å². The van der Waals surface area contributed by atoms with Crippen LogP contribution in [-0.2, 0) is 13.2 Å². The third-order valence-corrected chi connectivity index (χ3v) is 3.72. The number of carbonyl (C=O) groups is 1. The summed E-state index contributed by atoms with van der Waals surface area (Å²) in [6.45, 7) is 1.58. The molecule has 0 aliphatic carbocycles. The number of aliphatic hydroxyl groups is 1. The van der Waals surface area contributed by atoms with E-state index < -0.39 is 29.6 Å². The van der Waals surface area contributed by atoms with Gasteiger partial charge in [0.2, 0.25) is 5.43 Å². The molecule has 3 N–H and O–H groups in total. The molecule has 0 atom stereocenters. The molecule has 0 saturated carbocycles. The van der Waals surface area contributed by atoms with Crippen LogP contribution in [0.2, 0.25) is 0 Å². The second kappa shape index (κ2) is 9.10. The summed E-state index contributed by atoms with van der Waals surface area (Å²) in [5.41, 5.74) is -0.632. The minimum Gasteiger partial charge on any atom is -0.488 e. The molecule has 1 aromatic heterocycles. The third kappa shape index (κ3) is 4.66. The summed E-state index contributed by atoms with van der Waals surface area (Å²) in [5, 5.41) is 11.7. The molecule has 0 saturated heterocycles. The van der Waals surface area contributed by atoms with Crippen molar-refractivity contribution in [2.45, 2.75) is 32.9 Å². The molecule has 0 radical (unpaired) electrons. The van der Waals surface area contributed by atoms with Gasteiger partial charge in [-0.05, 0) is 12.5 Å². The van der Waals surface area contributed by atoms with Crippen molar-refractivity contribution in [3.63, 3.8) is 0 Å². The second-order valence-electron chi connectivity index (χ2n) is 5.62. The predicted octanol–water partition coefficient (Wildman–Crippen LogP) is 2.25. The Balaban J connectivity index is 2.17. The Morgan fingerprint density at radius 3 is 2.77 bits per heavy atom. The van der Waals surface area contributed by atoms with Crippen LogP contribution < -0.4 is 15.5 Å². The number of halogens is 2. The molecule has 0 fully saturated rings. The quantitative estimate of drug-likeness (QED) is 0.625. The summed E-state index contributed by atoms with van der Waals surface area (Å²) in [7, 11) is 0. The minimum absolute atomic E-state index is 0.0857. The van der Waals surface area contributed by atoms with Crippen LogP contribution in [0.25, 0.3) is 0 Å². The van der Waals surface area contributed by atoms with Crippen molar-refractivity contribution in [2.75, 3.05) is 6.61 Å². The first-order valence-corrected chi connectivity index (χ1v) is 8.18. The van der Waals surface area contributed by atoms with Gasteiger partial charge >= 0.3 is 0 Å². The van der Waals surface area contributed by atoms with Gasteiger partial charge in [0.1, 0.15) is 17.2 Å². The van der Waals surface area contributed by atoms with E-state index in [1.807, 2.05) is 6.92 Å². The van der Waals surface area contributed by atoms with Crippen LogP contribution in [-0.4, -0.2) is 22.6 Å². The number of nitrogens with one attached hydrogen (secondary N) is 2. The van der Waals surface area contributed by atoms with E-state index in [1.165, 1.54) is 6.07 Å². The van der Waals surface area contributed by atoms with Gasteiger partial charge in [-0.3, -0.25) is 9.59 Å². The number of carbonyl (C=O) groups excluding carboxylic acids is 1. The monoisotopic (exact) mass is 366 g/mol. The zero-order valence-corrected chi connectivity index (χ0v) is 14.3. The average molecular weight is 366 g/mol. The molecule has 0 unspecified atom stereocenters. The Morgan fingerprint density at radius 2 is 2.12 bits per heavy atom. The Hall–Kier alpha value is -2.74. The molecule has 8 heteroatoms. The fraction of sp³-hybridized carbons (Fsp3) is 0.333. The first-order chi connectivity index (χ1) is 12.5. The van der Waals surface area contributed by atoms with E-state index in [4.69, 9.17) is 4.74 Å². The fourth-order valence-corrected chi connectivity index (χ4v) is 2.24. The minimum atomic E-state index is -0.793. The van der Waals surface area contributed by atoms with Crippen LogP contribution in [0, 0.1) is 11.6 Å². The molecule has 1 heterocycles. The van der Waals surface area contributed by atoms with E-state index in [0.717, 1.165) is 18.7 Å². The summed E-state index contributed by atoms with van der Waals surface area (Å²) >= 11 is 0. The molecular weight excluding hydrogens is 346 g/mol.